The first-order valence-electron chi connectivity index (χ1n) is 6.54. The van der Waals surface area contributed by atoms with E-state index in [9.17, 15) is 9.35 Å². The number of hydrogen-bond donors (Lipinski definition) is 0. The van der Waals surface area contributed by atoms with E-state index in [2.05, 4.69) is 0 Å². The van der Waals surface area contributed by atoms with Crippen molar-refractivity contribution >= 4 is 17.1 Å². The van der Waals surface area contributed by atoms with Crippen LogP contribution in [0, 0.1) is 0 Å². The molecule has 0 saturated heterocycles. The third kappa shape index (κ3) is 4.24. The van der Waals surface area contributed by atoms with Crippen LogP contribution in [0.2, 0.25) is 0 Å². The maximum absolute atomic E-state index is 12.1. The fraction of sp³-hybridized carbons (Fsp3) is 0.188. The predicted octanol–water partition coefficient (Wildman–Crippen LogP) is 3.01. The minimum Gasteiger partial charge on any atom is -0.609 e. The Morgan fingerprint density at radius 3 is 2.48 bits per heavy atom. The highest BCUT2D eigenvalue weighted by Gasteiger charge is 2.16. The van der Waals surface area contributed by atoms with Gasteiger partial charge in [0.25, 0.3) is 0 Å². The Kier molecular flexibility index (Phi) is 5.66. The van der Waals surface area contributed by atoms with Gasteiger partial charge in [0.2, 0.25) is 5.94 Å². The van der Waals surface area contributed by atoms with Crippen molar-refractivity contribution in [3.05, 3.63) is 60.2 Å². The van der Waals surface area contributed by atoms with Crippen LogP contribution in [-0.4, -0.2) is 23.1 Å². The summed E-state index contributed by atoms with van der Waals surface area (Å²) in [6.45, 7) is 2.04. The number of para-hydroxylation sites is 1. The molecule has 2 aromatic rings. The number of carbonyl (C=O) groups excluding carboxylic acids is 1. The highest BCUT2D eigenvalue weighted by molar-refractivity contribution is 7.91. The molecule has 21 heavy (non-hydrogen) atoms. The molecule has 0 aliphatic carbocycles. The highest BCUT2D eigenvalue weighted by atomic mass is 32.2. The van der Waals surface area contributed by atoms with Crippen LogP contribution < -0.4 is 4.74 Å². The van der Waals surface area contributed by atoms with Crippen LogP contribution in [0.15, 0.2) is 59.5 Å². The third-order valence-corrected chi connectivity index (χ3v) is 3.84. The van der Waals surface area contributed by atoms with Gasteiger partial charge in [0.1, 0.15) is 11.3 Å². The number of carbonyl (C=O) groups is 1. The van der Waals surface area contributed by atoms with Gasteiger partial charge < -0.3 is 14.0 Å². The molecule has 0 heterocycles. The number of rotatable bonds is 6. The summed E-state index contributed by atoms with van der Waals surface area (Å²) in [5.41, 5.74) is 0.337. The topological polar surface area (TPSA) is 58.6 Å². The van der Waals surface area contributed by atoms with E-state index in [0.29, 0.717) is 22.8 Å². The van der Waals surface area contributed by atoms with Gasteiger partial charge >= 0.3 is 5.97 Å². The van der Waals surface area contributed by atoms with Gasteiger partial charge in [-0.3, -0.25) is 0 Å². The molecule has 0 amide bonds. The van der Waals surface area contributed by atoms with E-state index in [1.165, 1.54) is 0 Å². The smallest absolute Gasteiger partial charge is 0.341 e. The van der Waals surface area contributed by atoms with Gasteiger partial charge in [-0.15, -0.1) is 0 Å². The lowest BCUT2D eigenvalue weighted by Crippen LogP contribution is -2.14. The van der Waals surface area contributed by atoms with E-state index < -0.39 is 17.1 Å². The van der Waals surface area contributed by atoms with Crippen LogP contribution in [0.3, 0.4) is 0 Å². The third-order valence-electron chi connectivity index (χ3n) is 2.71. The monoisotopic (exact) mass is 304 g/mol. The molecule has 0 spiro atoms. The van der Waals surface area contributed by atoms with Gasteiger partial charge in [0.05, 0.1) is 6.61 Å². The molecule has 0 aliphatic heterocycles. The van der Waals surface area contributed by atoms with Gasteiger partial charge in [-0.05, 0) is 31.2 Å². The average molecular weight is 304 g/mol. The standard InChI is InChI=1S/C16H16O4S/c1-2-19-16(17)14-10-6-7-11-15(14)20-12-21(18)13-8-4-3-5-9-13/h3-11H,2,12H2,1H3. The van der Waals surface area contributed by atoms with Gasteiger partial charge in [-0.25, -0.2) is 4.79 Å². The molecule has 0 bridgehead atoms. The minimum absolute atomic E-state index is 0.0135. The van der Waals surface area contributed by atoms with Crippen molar-refractivity contribution in [2.75, 3.05) is 12.5 Å². The molecule has 5 heteroatoms. The quantitative estimate of drug-likeness (QED) is 0.608. The Morgan fingerprint density at radius 2 is 1.76 bits per heavy atom. The summed E-state index contributed by atoms with van der Waals surface area (Å²) >= 11 is -1.28. The Morgan fingerprint density at radius 1 is 1.10 bits per heavy atom. The van der Waals surface area contributed by atoms with Crippen LogP contribution in [-0.2, 0) is 15.9 Å². The minimum atomic E-state index is -1.28. The molecule has 1 unspecified atom stereocenters. The van der Waals surface area contributed by atoms with Gasteiger partial charge in [0.15, 0.2) is 4.90 Å². The average Bonchev–Trinajstić information content (AvgIpc) is 2.54. The van der Waals surface area contributed by atoms with Crippen molar-refractivity contribution in [1.82, 2.24) is 0 Å². The summed E-state index contributed by atoms with van der Waals surface area (Å²) in [6, 6.07) is 15.8. The molecule has 0 radical (unpaired) electrons. The van der Waals surface area contributed by atoms with E-state index >= 15 is 0 Å². The Hall–Kier alpha value is -1.98. The maximum atomic E-state index is 12.1. The summed E-state index contributed by atoms with van der Waals surface area (Å²) in [5.74, 6) is -0.0840. The lowest BCUT2D eigenvalue weighted by Gasteiger charge is -2.13. The molecule has 0 fully saturated rings. The summed E-state index contributed by atoms with van der Waals surface area (Å²) in [7, 11) is 0. The van der Waals surface area contributed by atoms with E-state index in [1.807, 2.05) is 18.2 Å². The molecular formula is C16H16O4S. The fourth-order valence-corrected chi connectivity index (χ4v) is 2.56. The number of esters is 1. The zero-order chi connectivity index (χ0) is 15.1. The van der Waals surface area contributed by atoms with Crippen molar-refractivity contribution in [3.63, 3.8) is 0 Å². The molecule has 110 valence electrons. The van der Waals surface area contributed by atoms with Gasteiger partial charge in [0, 0.05) is 11.2 Å². The molecule has 2 aromatic carbocycles. The number of ether oxygens (including phenoxy) is 2. The largest absolute Gasteiger partial charge is 0.609 e. The lowest BCUT2D eigenvalue weighted by atomic mass is 10.2. The highest BCUT2D eigenvalue weighted by Crippen LogP contribution is 2.20. The van der Waals surface area contributed by atoms with Crippen LogP contribution in [0.4, 0.5) is 0 Å². The van der Waals surface area contributed by atoms with Gasteiger partial charge in [-0.1, -0.05) is 30.3 Å². The van der Waals surface area contributed by atoms with Crippen molar-refractivity contribution in [2.45, 2.75) is 11.8 Å². The molecule has 4 nitrogen and oxygen atoms in total. The van der Waals surface area contributed by atoms with Crippen molar-refractivity contribution in [2.24, 2.45) is 0 Å². The van der Waals surface area contributed by atoms with Crippen LogP contribution in [0.5, 0.6) is 5.75 Å². The summed E-state index contributed by atoms with van der Waals surface area (Å²) in [4.78, 5) is 12.5. The molecule has 0 aromatic heterocycles. The van der Waals surface area contributed by atoms with E-state index in [-0.39, 0.29) is 5.94 Å². The molecular weight excluding hydrogens is 288 g/mol. The number of hydrogen-bond acceptors (Lipinski definition) is 4. The SMILES string of the molecule is CCOC(=O)c1ccccc1OC[S+]([O-])c1ccccc1. The zero-order valence-electron chi connectivity index (χ0n) is 11.7. The first-order valence-corrected chi connectivity index (χ1v) is 7.86. The Labute approximate surface area is 126 Å². The van der Waals surface area contributed by atoms with Crippen molar-refractivity contribution in [1.29, 1.82) is 0 Å². The van der Waals surface area contributed by atoms with Crippen LogP contribution in [0.25, 0.3) is 0 Å². The van der Waals surface area contributed by atoms with Crippen molar-refractivity contribution in [3.8, 4) is 5.75 Å². The van der Waals surface area contributed by atoms with Crippen LogP contribution >= 0.6 is 0 Å². The molecule has 1 atom stereocenters. The summed E-state index contributed by atoms with van der Waals surface area (Å²) in [5, 5.41) is 0. The van der Waals surface area contributed by atoms with Crippen molar-refractivity contribution < 1.29 is 18.8 Å². The molecule has 0 saturated carbocycles. The van der Waals surface area contributed by atoms with E-state index in [4.69, 9.17) is 9.47 Å². The second kappa shape index (κ2) is 7.71. The first-order chi connectivity index (χ1) is 10.2. The maximum Gasteiger partial charge on any atom is 0.341 e. The second-order valence-corrected chi connectivity index (χ2v) is 5.54. The normalized spacial score (nSPS) is 11.7. The number of benzene rings is 2. The molecule has 0 aliphatic rings. The zero-order valence-corrected chi connectivity index (χ0v) is 12.5. The summed E-state index contributed by atoms with van der Waals surface area (Å²) < 4.78 is 22.6. The molecule has 2 rings (SSSR count). The Balaban J connectivity index is 2.05. The van der Waals surface area contributed by atoms with E-state index in [0.717, 1.165) is 0 Å². The first kappa shape index (κ1) is 15.4. The summed E-state index contributed by atoms with van der Waals surface area (Å²) in [6.07, 6.45) is 0. The van der Waals surface area contributed by atoms with Crippen LogP contribution in [0.1, 0.15) is 17.3 Å². The molecule has 0 N–H and O–H groups in total. The lowest BCUT2D eigenvalue weighted by molar-refractivity contribution is 0.0522. The van der Waals surface area contributed by atoms with Gasteiger partial charge in [-0.2, -0.15) is 0 Å². The fourth-order valence-electron chi connectivity index (χ4n) is 1.73. The van der Waals surface area contributed by atoms with E-state index in [1.54, 1.807) is 43.3 Å². The predicted molar refractivity (Wildman–Crippen MR) is 80.7 cm³/mol. The Bertz CT molecular complexity index is 586. The second-order valence-electron chi connectivity index (χ2n) is 4.14.